The van der Waals surface area contributed by atoms with Gasteiger partial charge in [-0.15, -0.1) is 0 Å². The van der Waals surface area contributed by atoms with E-state index >= 15 is 0 Å². The molecule has 2 N–H and O–H groups in total. The molecular weight excluding hydrogens is 366 g/mol. The highest BCUT2D eigenvalue weighted by atomic mass is 16.4. The summed E-state index contributed by atoms with van der Waals surface area (Å²) < 4.78 is 1.93. The first-order valence-corrected chi connectivity index (χ1v) is 9.17. The van der Waals surface area contributed by atoms with Gasteiger partial charge in [0.15, 0.2) is 0 Å². The zero-order chi connectivity index (χ0) is 20.1. The molecule has 7 heteroatoms. The number of aromatic nitrogens is 4. The van der Waals surface area contributed by atoms with Crippen molar-refractivity contribution in [2.45, 2.75) is 12.8 Å². The van der Waals surface area contributed by atoms with E-state index in [0.717, 1.165) is 35.5 Å². The molecule has 2 aromatic carbocycles. The molecular formula is C22H19N5O2. The Bertz CT molecular complexity index is 1090. The van der Waals surface area contributed by atoms with Crippen molar-refractivity contribution in [1.29, 1.82) is 0 Å². The lowest BCUT2D eigenvalue weighted by Gasteiger charge is -2.08. The van der Waals surface area contributed by atoms with Crippen molar-refractivity contribution >= 4 is 17.6 Å². The average molecular weight is 385 g/mol. The summed E-state index contributed by atoms with van der Waals surface area (Å²) in [5.74, 6) is -0.375. The molecule has 0 saturated carbocycles. The maximum Gasteiger partial charge on any atom is 0.335 e. The molecule has 4 rings (SSSR count). The molecule has 2 aromatic heterocycles. The topological polar surface area (TPSA) is 92.9 Å². The van der Waals surface area contributed by atoms with E-state index in [2.05, 4.69) is 20.3 Å². The lowest BCUT2D eigenvalue weighted by molar-refractivity contribution is 0.0697. The molecule has 0 aliphatic heterocycles. The van der Waals surface area contributed by atoms with E-state index in [0.29, 0.717) is 11.5 Å². The van der Waals surface area contributed by atoms with E-state index in [1.807, 2.05) is 53.2 Å². The first kappa shape index (κ1) is 18.4. The van der Waals surface area contributed by atoms with E-state index in [1.165, 1.54) is 0 Å². The third-order valence-corrected chi connectivity index (χ3v) is 4.51. The third-order valence-electron chi connectivity index (χ3n) is 4.51. The smallest absolute Gasteiger partial charge is 0.335 e. The maximum absolute atomic E-state index is 10.9. The van der Waals surface area contributed by atoms with Crippen molar-refractivity contribution in [3.8, 4) is 5.69 Å². The molecule has 0 atom stereocenters. The summed E-state index contributed by atoms with van der Waals surface area (Å²) in [6.07, 6.45) is 8.64. The Hall–Kier alpha value is -4.00. The third kappa shape index (κ3) is 4.65. The van der Waals surface area contributed by atoms with Crippen LogP contribution in [0, 0.1) is 0 Å². The SMILES string of the molecule is O=C(O)c1ccc(CCc2ccnc(Nc3ccc(-n4ccnc4)cc3)n2)cc1. The van der Waals surface area contributed by atoms with Gasteiger partial charge in [0, 0.05) is 35.7 Å². The van der Waals surface area contributed by atoms with Gasteiger partial charge in [-0.1, -0.05) is 12.1 Å². The number of rotatable bonds is 7. The second kappa shape index (κ2) is 8.35. The Morgan fingerprint density at radius 1 is 0.966 bits per heavy atom. The molecule has 0 unspecified atom stereocenters. The highest BCUT2D eigenvalue weighted by molar-refractivity contribution is 5.87. The second-order valence-electron chi connectivity index (χ2n) is 6.52. The van der Waals surface area contributed by atoms with Crippen LogP contribution in [0.2, 0.25) is 0 Å². The molecule has 7 nitrogen and oxygen atoms in total. The number of hydrogen-bond donors (Lipinski definition) is 2. The van der Waals surface area contributed by atoms with Gasteiger partial charge in [0.1, 0.15) is 0 Å². The summed E-state index contributed by atoms with van der Waals surface area (Å²) in [7, 11) is 0. The molecule has 4 aromatic rings. The minimum atomic E-state index is -0.916. The van der Waals surface area contributed by atoms with Gasteiger partial charge in [-0.2, -0.15) is 0 Å². The van der Waals surface area contributed by atoms with Crippen LogP contribution in [0.3, 0.4) is 0 Å². The van der Waals surface area contributed by atoms with E-state index in [9.17, 15) is 4.79 Å². The van der Waals surface area contributed by atoms with Crippen molar-refractivity contribution in [3.63, 3.8) is 0 Å². The molecule has 2 heterocycles. The monoisotopic (exact) mass is 385 g/mol. The summed E-state index contributed by atoms with van der Waals surface area (Å²) in [4.78, 5) is 23.8. The van der Waals surface area contributed by atoms with Crippen molar-refractivity contribution in [3.05, 3.63) is 96.3 Å². The number of aryl methyl sites for hydroxylation is 2. The highest BCUT2D eigenvalue weighted by Gasteiger charge is 2.04. The minimum absolute atomic E-state index is 0.293. The number of nitrogens with one attached hydrogen (secondary N) is 1. The maximum atomic E-state index is 10.9. The van der Waals surface area contributed by atoms with Crippen molar-refractivity contribution in [2.75, 3.05) is 5.32 Å². The van der Waals surface area contributed by atoms with Gasteiger partial charge in [0.2, 0.25) is 5.95 Å². The molecule has 0 bridgehead atoms. The van der Waals surface area contributed by atoms with Crippen molar-refractivity contribution in [2.24, 2.45) is 0 Å². The van der Waals surface area contributed by atoms with Crippen LogP contribution in [0.5, 0.6) is 0 Å². The summed E-state index contributed by atoms with van der Waals surface area (Å²) in [5, 5.41) is 12.2. The van der Waals surface area contributed by atoms with Crippen LogP contribution in [0.4, 0.5) is 11.6 Å². The Kier molecular flexibility index (Phi) is 5.29. The Morgan fingerprint density at radius 2 is 1.76 bits per heavy atom. The standard InChI is InChI=1S/C22H19N5O2/c28-21(29)17-4-1-16(2-5-17)3-6-19-11-12-24-22(26-19)25-18-7-9-20(10-8-18)27-14-13-23-15-27/h1-2,4-5,7-15H,3,6H2,(H,28,29)(H,24,25,26). The van der Waals surface area contributed by atoms with Crippen LogP contribution in [0.1, 0.15) is 21.6 Å². The fourth-order valence-electron chi connectivity index (χ4n) is 2.94. The molecule has 0 aliphatic rings. The molecule has 29 heavy (non-hydrogen) atoms. The van der Waals surface area contributed by atoms with Gasteiger partial charge in [-0.05, 0) is 60.9 Å². The predicted molar refractivity (Wildman–Crippen MR) is 110 cm³/mol. The Balaban J connectivity index is 1.38. The number of imidazole rings is 1. The minimum Gasteiger partial charge on any atom is -0.478 e. The Morgan fingerprint density at radius 3 is 2.45 bits per heavy atom. The number of carboxylic acids is 1. The van der Waals surface area contributed by atoms with E-state index in [-0.39, 0.29) is 0 Å². The van der Waals surface area contributed by atoms with E-state index in [4.69, 9.17) is 5.11 Å². The first-order chi connectivity index (χ1) is 14.2. The van der Waals surface area contributed by atoms with Crippen molar-refractivity contribution in [1.82, 2.24) is 19.5 Å². The van der Waals surface area contributed by atoms with Gasteiger partial charge in [-0.3, -0.25) is 0 Å². The molecule has 0 amide bonds. The van der Waals surface area contributed by atoms with Crippen molar-refractivity contribution < 1.29 is 9.90 Å². The molecule has 0 aliphatic carbocycles. The summed E-state index contributed by atoms with van der Waals surface area (Å²) in [6.45, 7) is 0. The molecule has 0 saturated heterocycles. The lowest BCUT2D eigenvalue weighted by atomic mass is 10.1. The normalized spacial score (nSPS) is 10.6. The predicted octanol–water partition coefficient (Wildman–Crippen LogP) is 3.89. The van der Waals surface area contributed by atoms with Gasteiger partial charge >= 0.3 is 5.97 Å². The second-order valence-corrected chi connectivity index (χ2v) is 6.52. The number of anilines is 2. The van der Waals surface area contributed by atoms with Crippen LogP contribution < -0.4 is 5.32 Å². The summed E-state index contributed by atoms with van der Waals surface area (Å²) in [5.41, 5.74) is 4.20. The average Bonchev–Trinajstić information content (AvgIpc) is 3.28. The zero-order valence-electron chi connectivity index (χ0n) is 15.6. The summed E-state index contributed by atoms with van der Waals surface area (Å²) >= 11 is 0. The quantitative estimate of drug-likeness (QED) is 0.501. The highest BCUT2D eigenvalue weighted by Crippen LogP contribution is 2.17. The number of benzene rings is 2. The van der Waals surface area contributed by atoms with Gasteiger partial charge in [0.25, 0.3) is 0 Å². The fraction of sp³-hybridized carbons (Fsp3) is 0.0909. The van der Waals surface area contributed by atoms with Crippen LogP contribution in [-0.2, 0) is 12.8 Å². The number of carbonyl (C=O) groups is 1. The number of aromatic carboxylic acids is 1. The number of nitrogens with zero attached hydrogens (tertiary/aromatic N) is 4. The van der Waals surface area contributed by atoms with Gasteiger partial charge in [0.05, 0.1) is 11.9 Å². The van der Waals surface area contributed by atoms with Crippen LogP contribution in [-0.4, -0.2) is 30.6 Å². The largest absolute Gasteiger partial charge is 0.478 e. The first-order valence-electron chi connectivity index (χ1n) is 9.17. The molecule has 0 spiro atoms. The summed E-state index contributed by atoms with van der Waals surface area (Å²) in [6, 6.07) is 16.7. The van der Waals surface area contributed by atoms with Gasteiger partial charge in [-0.25, -0.2) is 19.7 Å². The van der Waals surface area contributed by atoms with E-state index in [1.54, 1.807) is 30.9 Å². The zero-order valence-corrected chi connectivity index (χ0v) is 15.6. The van der Waals surface area contributed by atoms with Crippen LogP contribution in [0.25, 0.3) is 5.69 Å². The van der Waals surface area contributed by atoms with Gasteiger partial charge < -0.3 is 15.0 Å². The van der Waals surface area contributed by atoms with E-state index < -0.39 is 5.97 Å². The molecule has 144 valence electrons. The van der Waals surface area contributed by atoms with Crippen LogP contribution in [0.15, 0.2) is 79.5 Å². The number of hydrogen-bond acceptors (Lipinski definition) is 5. The Labute approximate surface area is 167 Å². The van der Waals surface area contributed by atoms with Crippen LogP contribution >= 0.6 is 0 Å². The molecule has 0 fully saturated rings. The lowest BCUT2D eigenvalue weighted by Crippen LogP contribution is -2.02. The molecule has 0 radical (unpaired) electrons. The number of carboxylic acid groups (broad SMARTS) is 1. The fourth-order valence-corrected chi connectivity index (χ4v) is 2.94.